The third-order valence-corrected chi connectivity index (χ3v) is 7.71. The van der Waals surface area contributed by atoms with Crippen molar-refractivity contribution in [1.82, 2.24) is 9.80 Å². The summed E-state index contributed by atoms with van der Waals surface area (Å²) in [5.41, 5.74) is 4.74. The van der Waals surface area contributed by atoms with Crippen molar-refractivity contribution in [3.8, 4) is 5.75 Å². The van der Waals surface area contributed by atoms with E-state index in [1.807, 2.05) is 24.0 Å². The van der Waals surface area contributed by atoms with Gasteiger partial charge in [-0.25, -0.2) is 4.79 Å². The third kappa shape index (κ3) is 9.66. The van der Waals surface area contributed by atoms with Gasteiger partial charge in [-0.15, -0.1) is 0 Å². The molecule has 0 spiro atoms. The highest BCUT2D eigenvalue weighted by Crippen LogP contribution is 2.28. The molecule has 4 rings (SSSR count). The number of aliphatic carboxylic acids is 1. The van der Waals surface area contributed by atoms with Crippen LogP contribution in [0.25, 0.3) is 0 Å². The molecule has 1 N–H and O–H groups in total. The van der Waals surface area contributed by atoms with Gasteiger partial charge in [-0.3, -0.25) is 4.79 Å². The van der Waals surface area contributed by atoms with Gasteiger partial charge < -0.3 is 24.5 Å². The first-order chi connectivity index (χ1) is 19.3. The fourth-order valence-electron chi connectivity index (χ4n) is 5.29. The second-order valence-electron chi connectivity index (χ2n) is 11.6. The van der Waals surface area contributed by atoms with E-state index in [-0.39, 0.29) is 5.91 Å². The maximum Gasteiger partial charge on any atom is 0.490 e. The third-order valence-electron chi connectivity index (χ3n) is 7.71. The van der Waals surface area contributed by atoms with Crippen molar-refractivity contribution >= 4 is 17.6 Å². The first-order valence-corrected chi connectivity index (χ1v) is 14.1. The lowest BCUT2D eigenvalue weighted by molar-refractivity contribution is -0.192. The summed E-state index contributed by atoms with van der Waals surface area (Å²) in [6, 6.07) is 14.4. The minimum absolute atomic E-state index is 0.151. The predicted molar refractivity (Wildman–Crippen MR) is 154 cm³/mol. The molecule has 0 unspecified atom stereocenters. The number of rotatable bonds is 7. The molecule has 0 aliphatic carbocycles. The van der Waals surface area contributed by atoms with Crippen LogP contribution in [0.15, 0.2) is 42.5 Å². The molecule has 2 aliphatic heterocycles. The summed E-state index contributed by atoms with van der Waals surface area (Å²) in [6.45, 7) is 16.3. The number of hydrogen-bond acceptors (Lipinski definition) is 5. The van der Waals surface area contributed by atoms with Crippen LogP contribution < -0.4 is 9.64 Å². The number of hydrogen-bond donors (Lipinski definition) is 1. The molecule has 0 saturated carbocycles. The van der Waals surface area contributed by atoms with Gasteiger partial charge in [0.1, 0.15) is 5.75 Å². The molecule has 7 nitrogen and oxygen atoms in total. The van der Waals surface area contributed by atoms with E-state index in [2.05, 4.69) is 60.9 Å². The van der Waals surface area contributed by atoms with Crippen LogP contribution in [-0.2, 0) is 4.79 Å². The highest BCUT2D eigenvalue weighted by molar-refractivity contribution is 5.96. The van der Waals surface area contributed by atoms with Crippen molar-refractivity contribution in [2.45, 2.75) is 53.1 Å². The molecule has 2 aromatic carbocycles. The second kappa shape index (κ2) is 14.1. The first kappa shape index (κ1) is 32.2. The number of anilines is 1. The molecule has 2 aromatic rings. The van der Waals surface area contributed by atoms with Crippen LogP contribution in [0, 0.1) is 19.3 Å². The molecule has 2 heterocycles. The highest BCUT2D eigenvalue weighted by atomic mass is 19.4. The average Bonchev–Trinajstić information content (AvgIpc) is 2.92. The molecule has 10 heteroatoms. The Hall–Kier alpha value is -3.27. The van der Waals surface area contributed by atoms with Gasteiger partial charge in [-0.05, 0) is 86.5 Å². The van der Waals surface area contributed by atoms with Crippen LogP contribution >= 0.6 is 0 Å². The van der Waals surface area contributed by atoms with E-state index >= 15 is 0 Å². The number of alkyl halides is 3. The van der Waals surface area contributed by atoms with Crippen LogP contribution in [0.4, 0.5) is 18.9 Å². The monoisotopic (exact) mass is 577 g/mol. The zero-order chi connectivity index (χ0) is 30.2. The smallest absolute Gasteiger partial charge is 0.490 e. The second-order valence-corrected chi connectivity index (χ2v) is 11.6. The Morgan fingerprint density at radius 1 is 0.976 bits per heavy atom. The van der Waals surface area contributed by atoms with E-state index < -0.39 is 12.1 Å². The van der Waals surface area contributed by atoms with E-state index in [9.17, 15) is 18.0 Å². The van der Waals surface area contributed by atoms with Crippen molar-refractivity contribution in [2.24, 2.45) is 5.41 Å². The number of likely N-dealkylation sites (tertiary alicyclic amines) is 1. The number of piperazine rings is 1. The standard InChI is InChI=1S/C29H41N3O2.C2HF3O2/c1-23-8-5-9-27(24(23)2)28(33)32-19-17-31(18-20-32)25-10-12-26(13-11-25)34-21-7-16-30-15-6-14-29(3,4)22-30;3-2(4,5)1(6)7/h5,8-13H,6-7,14-22H2,1-4H3;(H,6,7). The van der Waals surface area contributed by atoms with Crippen molar-refractivity contribution in [2.75, 3.05) is 57.3 Å². The van der Waals surface area contributed by atoms with E-state index in [1.165, 1.54) is 37.2 Å². The van der Waals surface area contributed by atoms with Crippen molar-refractivity contribution < 1.29 is 32.6 Å². The lowest BCUT2D eigenvalue weighted by Gasteiger charge is -2.38. The van der Waals surface area contributed by atoms with Crippen molar-refractivity contribution in [3.05, 3.63) is 59.2 Å². The molecule has 1 amide bonds. The number of benzene rings is 2. The average molecular weight is 578 g/mol. The van der Waals surface area contributed by atoms with E-state index in [1.54, 1.807) is 0 Å². The number of amides is 1. The van der Waals surface area contributed by atoms with Gasteiger partial charge in [0, 0.05) is 50.5 Å². The number of carbonyl (C=O) groups excluding carboxylic acids is 1. The van der Waals surface area contributed by atoms with Crippen molar-refractivity contribution in [1.29, 1.82) is 0 Å². The molecule has 0 atom stereocenters. The van der Waals surface area contributed by atoms with Crippen LogP contribution in [0.1, 0.15) is 54.6 Å². The fraction of sp³-hybridized carbons (Fsp3) is 0.548. The SMILES string of the molecule is Cc1cccc(C(=O)N2CCN(c3ccc(OCCCN4CCCC(C)(C)C4)cc3)CC2)c1C.O=C(O)C(F)(F)F. The number of carbonyl (C=O) groups is 2. The van der Waals surface area contributed by atoms with E-state index in [4.69, 9.17) is 14.6 Å². The summed E-state index contributed by atoms with van der Waals surface area (Å²) in [4.78, 5) is 28.8. The van der Waals surface area contributed by atoms with E-state index in [0.29, 0.717) is 5.41 Å². The molecule has 2 aliphatic rings. The molecule has 0 aromatic heterocycles. The Balaban J connectivity index is 0.000000587. The number of carboxylic acid groups (broad SMARTS) is 1. The first-order valence-electron chi connectivity index (χ1n) is 14.1. The summed E-state index contributed by atoms with van der Waals surface area (Å²) in [5.74, 6) is -1.67. The molecule has 0 radical (unpaired) electrons. The molecule has 226 valence electrons. The fourth-order valence-corrected chi connectivity index (χ4v) is 5.29. The van der Waals surface area contributed by atoms with Gasteiger partial charge >= 0.3 is 12.1 Å². The maximum atomic E-state index is 13.0. The minimum Gasteiger partial charge on any atom is -0.494 e. The summed E-state index contributed by atoms with van der Waals surface area (Å²) in [6.07, 6.45) is -1.37. The summed E-state index contributed by atoms with van der Waals surface area (Å²) < 4.78 is 37.7. The molecule has 2 saturated heterocycles. The number of aryl methyl sites for hydroxylation is 1. The maximum absolute atomic E-state index is 13.0. The van der Waals surface area contributed by atoms with Gasteiger partial charge in [0.05, 0.1) is 6.61 Å². The van der Waals surface area contributed by atoms with E-state index in [0.717, 1.165) is 62.6 Å². The zero-order valence-electron chi connectivity index (χ0n) is 24.5. The molecular formula is C31H42F3N3O4. The quantitative estimate of drug-likeness (QED) is 0.420. The lowest BCUT2D eigenvalue weighted by Crippen LogP contribution is -2.49. The van der Waals surface area contributed by atoms with Crippen LogP contribution in [-0.4, -0.2) is 85.4 Å². The molecule has 2 fully saturated rings. The minimum atomic E-state index is -5.08. The lowest BCUT2D eigenvalue weighted by atomic mass is 9.84. The number of piperidine rings is 1. The highest BCUT2D eigenvalue weighted by Gasteiger charge is 2.38. The van der Waals surface area contributed by atoms with Gasteiger partial charge in [-0.2, -0.15) is 13.2 Å². The van der Waals surface area contributed by atoms with Crippen LogP contribution in [0.3, 0.4) is 0 Å². The Kier molecular flexibility index (Phi) is 11.1. The Morgan fingerprint density at radius 3 is 2.20 bits per heavy atom. The molecule has 41 heavy (non-hydrogen) atoms. The number of carboxylic acids is 1. The van der Waals surface area contributed by atoms with Gasteiger partial charge in [0.15, 0.2) is 0 Å². The van der Waals surface area contributed by atoms with Gasteiger partial charge in [-0.1, -0.05) is 26.0 Å². The summed E-state index contributed by atoms with van der Waals surface area (Å²) in [5, 5.41) is 7.12. The molecule has 0 bridgehead atoms. The Labute approximate surface area is 240 Å². The summed E-state index contributed by atoms with van der Waals surface area (Å²) >= 11 is 0. The van der Waals surface area contributed by atoms with Gasteiger partial charge in [0.2, 0.25) is 0 Å². The number of halogens is 3. The largest absolute Gasteiger partial charge is 0.494 e. The van der Waals surface area contributed by atoms with Crippen molar-refractivity contribution in [3.63, 3.8) is 0 Å². The Bertz CT molecular complexity index is 1160. The zero-order valence-corrected chi connectivity index (χ0v) is 24.5. The van der Waals surface area contributed by atoms with Crippen LogP contribution in [0.5, 0.6) is 5.75 Å². The normalized spacial score (nSPS) is 17.4. The number of ether oxygens (including phenoxy) is 1. The summed E-state index contributed by atoms with van der Waals surface area (Å²) in [7, 11) is 0. The molecular weight excluding hydrogens is 535 g/mol. The predicted octanol–water partition coefficient (Wildman–Crippen LogP) is 5.79. The van der Waals surface area contributed by atoms with Crippen LogP contribution in [0.2, 0.25) is 0 Å². The Morgan fingerprint density at radius 2 is 1.61 bits per heavy atom. The van der Waals surface area contributed by atoms with Gasteiger partial charge in [0.25, 0.3) is 5.91 Å². The number of nitrogens with zero attached hydrogens (tertiary/aromatic N) is 3. The topological polar surface area (TPSA) is 73.3 Å².